The largest absolute Gasteiger partial charge is 0.480 e. The highest BCUT2D eigenvalue weighted by molar-refractivity contribution is 7.20. The molecule has 0 atom stereocenters. The maximum atomic E-state index is 13.1. The van der Waals surface area contributed by atoms with E-state index < -0.39 is 36.8 Å². The number of rotatable bonds is 5. The Balaban J connectivity index is 2.33. The van der Waals surface area contributed by atoms with Crippen LogP contribution in [0.15, 0.2) is 24.3 Å². The monoisotopic (exact) mass is 311 g/mol. The lowest BCUT2D eigenvalue weighted by Crippen LogP contribution is -2.39. The first kappa shape index (κ1) is 14.9. The average molecular weight is 311 g/mol. The maximum Gasteiger partial charge on any atom is 0.323 e. The zero-order valence-electron chi connectivity index (χ0n) is 10.6. The van der Waals surface area contributed by atoms with Crippen molar-refractivity contribution in [2.45, 2.75) is 0 Å². The number of benzene rings is 1. The van der Waals surface area contributed by atoms with Gasteiger partial charge in [-0.15, -0.1) is 11.3 Å². The summed E-state index contributed by atoms with van der Waals surface area (Å²) in [6.07, 6.45) is 0. The SMILES string of the molecule is O=C(O)CN(CC(=O)O)C(=O)c1cc2cc(F)ccc2s1. The van der Waals surface area contributed by atoms with Crippen LogP contribution in [0.5, 0.6) is 0 Å². The fourth-order valence-corrected chi connectivity index (χ4v) is 2.81. The Morgan fingerprint density at radius 3 is 2.29 bits per heavy atom. The minimum Gasteiger partial charge on any atom is -0.480 e. The Labute approximate surface area is 122 Å². The zero-order valence-corrected chi connectivity index (χ0v) is 11.4. The molecule has 2 aromatic rings. The normalized spacial score (nSPS) is 10.5. The molecule has 1 aromatic heterocycles. The van der Waals surface area contributed by atoms with E-state index >= 15 is 0 Å². The smallest absolute Gasteiger partial charge is 0.323 e. The highest BCUT2D eigenvalue weighted by atomic mass is 32.1. The van der Waals surface area contributed by atoms with Gasteiger partial charge in [-0.25, -0.2) is 4.39 Å². The Hall–Kier alpha value is -2.48. The molecule has 0 fully saturated rings. The quantitative estimate of drug-likeness (QED) is 0.875. The number of aliphatic carboxylic acids is 2. The fraction of sp³-hybridized carbons (Fsp3) is 0.154. The second-order valence-corrected chi connectivity index (χ2v) is 5.33. The van der Waals surface area contributed by atoms with Crippen molar-refractivity contribution < 1.29 is 29.0 Å². The van der Waals surface area contributed by atoms with Crippen LogP contribution in [0.2, 0.25) is 0 Å². The van der Waals surface area contributed by atoms with Gasteiger partial charge in [0.25, 0.3) is 5.91 Å². The van der Waals surface area contributed by atoms with Crippen LogP contribution in [-0.2, 0) is 9.59 Å². The third-order valence-corrected chi connectivity index (χ3v) is 3.73. The van der Waals surface area contributed by atoms with Gasteiger partial charge in [0.05, 0.1) is 4.88 Å². The van der Waals surface area contributed by atoms with E-state index in [2.05, 4.69) is 0 Å². The molecule has 1 aromatic carbocycles. The number of halogens is 1. The van der Waals surface area contributed by atoms with Crippen LogP contribution in [0.3, 0.4) is 0 Å². The number of nitrogens with zero attached hydrogens (tertiary/aromatic N) is 1. The van der Waals surface area contributed by atoms with E-state index in [1.807, 2.05) is 0 Å². The number of carbonyl (C=O) groups excluding carboxylic acids is 1. The molecule has 6 nitrogen and oxygen atoms in total. The minimum atomic E-state index is -1.31. The summed E-state index contributed by atoms with van der Waals surface area (Å²) in [6, 6.07) is 5.42. The minimum absolute atomic E-state index is 0.165. The van der Waals surface area contributed by atoms with Gasteiger partial charge in [-0.05, 0) is 29.7 Å². The van der Waals surface area contributed by atoms with E-state index in [1.54, 1.807) is 0 Å². The molecule has 0 unspecified atom stereocenters. The molecule has 0 aliphatic carbocycles. The van der Waals surface area contributed by atoms with Gasteiger partial charge in [0.1, 0.15) is 18.9 Å². The van der Waals surface area contributed by atoms with Crippen LogP contribution in [0.4, 0.5) is 4.39 Å². The van der Waals surface area contributed by atoms with Crippen molar-refractivity contribution in [1.29, 1.82) is 0 Å². The molecule has 21 heavy (non-hydrogen) atoms. The van der Waals surface area contributed by atoms with E-state index in [0.29, 0.717) is 15.0 Å². The van der Waals surface area contributed by atoms with Gasteiger partial charge in [0, 0.05) is 4.70 Å². The fourth-order valence-electron chi connectivity index (χ4n) is 1.80. The lowest BCUT2D eigenvalue weighted by molar-refractivity contribution is -0.140. The number of fused-ring (bicyclic) bond motifs is 1. The van der Waals surface area contributed by atoms with Crippen molar-refractivity contribution in [3.05, 3.63) is 35.0 Å². The number of carboxylic acids is 2. The average Bonchev–Trinajstić information content (AvgIpc) is 2.78. The summed E-state index contributed by atoms with van der Waals surface area (Å²) in [5.74, 6) is -3.78. The van der Waals surface area contributed by atoms with Crippen molar-refractivity contribution in [2.24, 2.45) is 0 Å². The van der Waals surface area contributed by atoms with Crippen molar-refractivity contribution in [1.82, 2.24) is 4.90 Å². The first-order valence-corrected chi connectivity index (χ1v) is 6.60. The van der Waals surface area contributed by atoms with Crippen LogP contribution in [0, 0.1) is 5.82 Å². The lowest BCUT2D eigenvalue weighted by atomic mass is 10.2. The molecule has 8 heteroatoms. The Bertz CT molecular complexity index is 710. The Morgan fingerprint density at radius 1 is 1.10 bits per heavy atom. The molecule has 1 amide bonds. The predicted octanol–water partition coefficient (Wildman–Crippen LogP) is 1.65. The van der Waals surface area contributed by atoms with Crippen molar-refractivity contribution in [2.75, 3.05) is 13.1 Å². The van der Waals surface area contributed by atoms with Crippen LogP contribution in [0.25, 0.3) is 10.1 Å². The molecule has 0 saturated carbocycles. The first-order chi connectivity index (χ1) is 9.86. The molecule has 0 aliphatic rings. The number of hydrogen-bond acceptors (Lipinski definition) is 4. The summed E-state index contributed by atoms with van der Waals surface area (Å²) in [7, 11) is 0. The number of amides is 1. The van der Waals surface area contributed by atoms with E-state index in [-0.39, 0.29) is 4.88 Å². The number of hydrogen-bond donors (Lipinski definition) is 2. The second kappa shape index (κ2) is 5.88. The standard InChI is InChI=1S/C13H10FNO5S/c14-8-1-2-9-7(3-8)4-10(21-9)13(20)15(5-11(16)17)6-12(18)19/h1-4H,5-6H2,(H,16,17)(H,18,19). The number of carbonyl (C=O) groups is 3. The molecule has 0 aliphatic heterocycles. The second-order valence-electron chi connectivity index (χ2n) is 4.24. The number of carboxylic acid groups (broad SMARTS) is 2. The van der Waals surface area contributed by atoms with Crippen LogP contribution >= 0.6 is 11.3 Å². The summed E-state index contributed by atoms with van der Waals surface area (Å²) >= 11 is 1.05. The first-order valence-electron chi connectivity index (χ1n) is 5.79. The van der Waals surface area contributed by atoms with Crippen molar-refractivity contribution in [3.8, 4) is 0 Å². The third kappa shape index (κ3) is 3.54. The van der Waals surface area contributed by atoms with Gasteiger partial charge in [-0.2, -0.15) is 0 Å². The molecular formula is C13H10FNO5S. The van der Waals surface area contributed by atoms with Gasteiger partial charge < -0.3 is 15.1 Å². The van der Waals surface area contributed by atoms with Crippen molar-refractivity contribution >= 4 is 39.3 Å². The lowest BCUT2D eigenvalue weighted by Gasteiger charge is -2.17. The maximum absolute atomic E-state index is 13.1. The van der Waals surface area contributed by atoms with Gasteiger partial charge >= 0.3 is 11.9 Å². The zero-order chi connectivity index (χ0) is 15.6. The van der Waals surface area contributed by atoms with E-state index in [4.69, 9.17) is 10.2 Å². The molecule has 0 saturated heterocycles. The molecule has 0 bridgehead atoms. The molecule has 110 valence electrons. The molecule has 2 N–H and O–H groups in total. The van der Waals surface area contributed by atoms with Crippen LogP contribution in [-0.4, -0.2) is 46.0 Å². The highest BCUT2D eigenvalue weighted by Crippen LogP contribution is 2.27. The highest BCUT2D eigenvalue weighted by Gasteiger charge is 2.22. The van der Waals surface area contributed by atoms with Gasteiger partial charge in [0.2, 0.25) is 0 Å². The summed E-state index contributed by atoms with van der Waals surface area (Å²) in [4.78, 5) is 34.5. The van der Waals surface area contributed by atoms with Gasteiger partial charge in [0.15, 0.2) is 0 Å². The summed E-state index contributed by atoms with van der Waals surface area (Å²) in [5, 5.41) is 18.0. The van der Waals surface area contributed by atoms with Gasteiger partial charge in [-0.3, -0.25) is 14.4 Å². The molecular weight excluding hydrogens is 301 g/mol. The number of thiophene rings is 1. The van der Waals surface area contributed by atoms with E-state index in [1.165, 1.54) is 24.3 Å². The van der Waals surface area contributed by atoms with Crippen LogP contribution < -0.4 is 0 Å². The summed E-state index contributed by atoms with van der Waals surface area (Å²) < 4.78 is 13.8. The predicted molar refractivity (Wildman–Crippen MR) is 73.0 cm³/mol. The van der Waals surface area contributed by atoms with E-state index in [0.717, 1.165) is 11.3 Å². The molecule has 2 rings (SSSR count). The Kier molecular flexibility index (Phi) is 4.18. The van der Waals surface area contributed by atoms with Crippen molar-refractivity contribution in [3.63, 3.8) is 0 Å². The van der Waals surface area contributed by atoms with E-state index in [9.17, 15) is 18.8 Å². The Morgan fingerprint density at radius 2 is 1.71 bits per heavy atom. The summed E-state index contributed by atoms with van der Waals surface area (Å²) in [5.41, 5.74) is 0. The molecule has 1 heterocycles. The van der Waals surface area contributed by atoms with Crippen LogP contribution in [0.1, 0.15) is 9.67 Å². The third-order valence-electron chi connectivity index (χ3n) is 2.63. The molecule has 0 spiro atoms. The topological polar surface area (TPSA) is 94.9 Å². The summed E-state index contributed by atoms with van der Waals surface area (Å²) in [6.45, 7) is -1.43. The molecule has 0 radical (unpaired) electrons. The van der Waals surface area contributed by atoms with Gasteiger partial charge in [-0.1, -0.05) is 0 Å².